The molecule has 1 aliphatic carbocycles. The maximum absolute atomic E-state index is 13.3. The monoisotopic (exact) mass is 356 g/mol. The van der Waals surface area contributed by atoms with Crippen molar-refractivity contribution in [1.29, 1.82) is 0 Å². The van der Waals surface area contributed by atoms with Crippen molar-refractivity contribution in [2.75, 3.05) is 25.0 Å². The Balaban J connectivity index is 1.50. The molecule has 1 saturated heterocycles. The van der Waals surface area contributed by atoms with Crippen LogP contribution in [0.1, 0.15) is 26.2 Å². The Kier molecular flexibility index (Phi) is 5.14. The molecule has 0 unspecified atom stereocenters. The lowest BCUT2D eigenvalue weighted by Gasteiger charge is -2.38. The van der Waals surface area contributed by atoms with Crippen molar-refractivity contribution in [3.63, 3.8) is 0 Å². The van der Waals surface area contributed by atoms with Crippen molar-refractivity contribution >= 4 is 11.7 Å². The molecule has 2 N–H and O–H groups in total. The summed E-state index contributed by atoms with van der Waals surface area (Å²) >= 11 is 0. The Bertz CT molecular complexity index is 610. The first-order valence-electron chi connectivity index (χ1n) is 8.42. The number of ether oxygens (including phenoxy) is 1. The number of β-amino-alcohol motifs (C(OH)–C–C–N with tert-alkyl or cyclic N) is 1. The van der Waals surface area contributed by atoms with E-state index in [0.717, 1.165) is 0 Å². The number of amides is 1. The van der Waals surface area contributed by atoms with Crippen LogP contribution in [-0.4, -0.2) is 63.9 Å². The molecule has 0 aromatic carbocycles. The number of hydrogen-bond acceptors (Lipinski definition) is 6. The molecule has 1 aliphatic heterocycles. The highest BCUT2D eigenvalue weighted by molar-refractivity contribution is 5.93. The third-order valence-corrected chi connectivity index (χ3v) is 4.61. The van der Waals surface area contributed by atoms with Crippen LogP contribution in [-0.2, 0) is 4.79 Å². The number of aliphatic hydroxyl groups is 1. The fraction of sp³-hybridized carbons (Fsp3) is 0.688. The second-order valence-corrected chi connectivity index (χ2v) is 6.70. The summed E-state index contributed by atoms with van der Waals surface area (Å²) in [6.45, 7) is 2.02. The largest absolute Gasteiger partial charge is 0.476 e. The van der Waals surface area contributed by atoms with Gasteiger partial charge < -0.3 is 15.2 Å². The second-order valence-electron chi connectivity index (χ2n) is 6.70. The summed E-state index contributed by atoms with van der Waals surface area (Å²) < 4.78 is 32.1. The number of aliphatic hydroxyl groups excluding tert-OH is 1. The van der Waals surface area contributed by atoms with Gasteiger partial charge in [0.1, 0.15) is 6.10 Å². The van der Waals surface area contributed by atoms with Gasteiger partial charge in [-0.05, 0) is 31.7 Å². The average molecular weight is 356 g/mol. The number of halogens is 2. The van der Waals surface area contributed by atoms with Crippen LogP contribution in [0, 0.1) is 5.92 Å². The van der Waals surface area contributed by atoms with Crippen LogP contribution >= 0.6 is 0 Å². The van der Waals surface area contributed by atoms with Gasteiger partial charge >= 0.3 is 0 Å². The molecule has 25 heavy (non-hydrogen) atoms. The summed E-state index contributed by atoms with van der Waals surface area (Å²) in [5.41, 5.74) is 0. The SMILES string of the molecule is C[C@@H](C(=O)Nc1ccc(OCC2CC2)nn1)N1CCC(F)(F)[C@@H](O)C1. The van der Waals surface area contributed by atoms with E-state index in [1.165, 1.54) is 17.7 Å². The molecular weight excluding hydrogens is 334 g/mol. The molecular formula is C16H22F2N4O3. The Morgan fingerprint density at radius 2 is 2.24 bits per heavy atom. The number of alkyl halides is 2. The minimum Gasteiger partial charge on any atom is -0.476 e. The number of carbonyl (C=O) groups excluding carboxylic acids is 1. The normalized spacial score (nSPS) is 24.6. The quantitative estimate of drug-likeness (QED) is 0.799. The molecule has 1 saturated carbocycles. The fourth-order valence-corrected chi connectivity index (χ4v) is 2.61. The molecule has 0 radical (unpaired) electrons. The predicted octanol–water partition coefficient (Wildman–Crippen LogP) is 1.29. The van der Waals surface area contributed by atoms with Crippen LogP contribution in [0.3, 0.4) is 0 Å². The van der Waals surface area contributed by atoms with Crippen molar-refractivity contribution < 1.29 is 23.4 Å². The average Bonchev–Trinajstić information content (AvgIpc) is 3.40. The van der Waals surface area contributed by atoms with Crippen molar-refractivity contribution in [3.05, 3.63) is 12.1 Å². The van der Waals surface area contributed by atoms with Crippen LogP contribution < -0.4 is 10.1 Å². The summed E-state index contributed by atoms with van der Waals surface area (Å²) in [4.78, 5) is 13.8. The van der Waals surface area contributed by atoms with E-state index in [9.17, 15) is 18.7 Å². The molecule has 3 rings (SSSR count). The second kappa shape index (κ2) is 7.17. The molecule has 1 amide bonds. The number of nitrogens with one attached hydrogen (secondary N) is 1. The molecule has 138 valence electrons. The molecule has 0 bridgehead atoms. The van der Waals surface area contributed by atoms with Crippen LogP contribution in [0.25, 0.3) is 0 Å². The van der Waals surface area contributed by atoms with Crippen LogP contribution in [0.4, 0.5) is 14.6 Å². The summed E-state index contributed by atoms with van der Waals surface area (Å²) in [7, 11) is 0. The van der Waals surface area contributed by atoms with Crippen molar-refractivity contribution in [3.8, 4) is 5.88 Å². The van der Waals surface area contributed by atoms with Crippen LogP contribution in [0.15, 0.2) is 12.1 Å². The molecule has 9 heteroatoms. The summed E-state index contributed by atoms with van der Waals surface area (Å²) in [5.74, 6) is -2.22. The molecule has 1 aromatic rings. The molecule has 2 atom stereocenters. The van der Waals surface area contributed by atoms with Gasteiger partial charge in [-0.15, -0.1) is 10.2 Å². The topological polar surface area (TPSA) is 87.6 Å². The van der Waals surface area contributed by atoms with Crippen molar-refractivity contribution in [2.24, 2.45) is 5.92 Å². The maximum atomic E-state index is 13.3. The van der Waals surface area contributed by atoms with Gasteiger partial charge in [-0.3, -0.25) is 9.69 Å². The Morgan fingerprint density at radius 1 is 1.48 bits per heavy atom. The summed E-state index contributed by atoms with van der Waals surface area (Å²) in [5, 5.41) is 19.9. The van der Waals surface area contributed by atoms with E-state index in [1.807, 2.05) is 0 Å². The third kappa shape index (κ3) is 4.60. The lowest BCUT2D eigenvalue weighted by molar-refractivity contribution is -0.155. The zero-order chi connectivity index (χ0) is 18.0. The van der Waals surface area contributed by atoms with Gasteiger partial charge in [0, 0.05) is 25.6 Å². The number of likely N-dealkylation sites (tertiary alicyclic amines) is 1. The minimum absolute atomic E-state index is 0.0400. The lowest BCUT2D eigenvalue weighted by atomic mass is 10.0. The van der Waals surface area contributed by atoms with E-state index in [-0.39, 0.29) is 18.9 Å². The van der Waals surface area contributed by atoms with E-state index in [2.05, 4.69) is 15.5 Å². The van der Waals surface area contributed by atoms with E-state index < -0.39 is 30.4 Å². The van der Waals surface area contributed by atoms with E-state index >= 15 is 0 Å². The zero-order valence-corrected chi connectivity index (χ0v) is 14.0. The first kappa shape index (κ1) is 17.9. The first-order chi connectivity index (χ1) is 11.8. The molecule has 2 fully saturated rings. The Hall–Kier alpha value is -1.87. The van der Waals surface area contributed by atoms with Gasteiger partial charge in [-0.1, -0.05) is 0 Å². The highest BCUT2D eigenvalue weighted by Gasteiger charge is 2.44. The third-order valence-electron chi connectivity index (χ3n) is 4.61. The first-order valence-corrected chi connectivity index (χ1v) is 8.42. The minimum atomic E-state index is -3.10. The van der Waals surface area contributed by atoms with E-state index in [1.54, 1.807) is 19.1 Å². The van der Waals surface area contributed by atoms with Gasteiger partial charge in [0.2, 0.25) is 11.8 Å². The Labute approximate surface area is 144 Å². The smallest absolute Gasteiger partial charge is 0.275 e. The molecule has 0 spiro atoms. The van der Waals surface area contributed by atoms with Gasteiger partial charge in [-0.2, -0.15) is 0 Å². The number of hydrogen-bond donors (Lipinski definition) is 2. The number of nitrogens with zero attached hydrogens (tertiary/aromatic N) is 3. The predicted molar refractivity (Wildman–Crippen MR) is 85.5 cm³/mol. The molecule has 2 aliphatic rings. The van der Waals surface area contributed by atoms with E-state index in [0.29, 0.717) is 18.4 Å². The number of anilines is 1. The number of carbonyl (C=O) groups is 1. The molecule has 7 nitrogen and oxygen atoms in total. The zero-order valence-electron chi connectivity index (χ0n) is 14.0. The maximum Gasteiger partial charge on any atom is 0.275 e. The van der Waals surface area contributed by atoms with Gasteiger partial charge in [0.15, 0.2) is 5.82 Å². The van der Waals surface area contributed by atoms with Gasteiger partial charge in [-0.25, -0.2) is 8.78 Å². The summed E-state index contributed by atoms with van der Waals surface area (Å²) in [6, 6.07) is 2.54. The molecule has 1 aromatic heterocycles. The van der Waals surface area contributed by atoms with Crippen LogP contribution in [0.5, 0.6) is 5.88 Å². The molecule has 2 heterocycles. The van der Waals surface area contributed by atoms with Gasteiger partial charge in [0.25, 0.3) is 5.92 Å². The standard InChI is InChI=1S/C16H22F2N4O3/c1-10(22-7-6-16(17,18)12(23)8-22)15(24)19-13-4-5-14(21-20-13)25-9-11-2-3-11/h4-5,10-12,23H,2-3,6-9H2,1H3,(H,19,20,24)/t10-,12-/m0/s1. The highest BCUT2D eigenvalue weighted by Crippen LogP contribution is 2.30. The number of aromatic nitrogens is 2. The number of piperidine rings is 1. The summed E-state index contributed by atoms with van der Waals surface area (Å²) in [6.07, 6.45) is 0.116. The fourth-order valence-electron chi connectivity index (χ4n) is 2.61. The van der Waals surface area contributed by atoms with Crippen molar-refractivity contribution in [1.82, 2.24) is 15.1 Å². The van der Waals surface area contributed by atoms with Gasteiger partial charge in [0.05, 0.1) is 12.6 Å². The van der Waals surface area contributed by atoms with Crippen LogP contribution in [0.2, 0.25) is 0 Å². The Morgan fingerprint density at radius 3 is 2.84 bits per heavy atom. The highest BCUT2D eigenvalue weighted by atomic mass is 19.3. The number of rotatable bonds is 6. The van der Waals surface area contributed by atoms with E-state index in [4.69, 9.17) is 4.74 Å². The van der Waals surface area contributed by atoms with Crippen molar-refractivity contribution in [2.45, 2.75) is 44.3 Å². The lowest BCUT2D eigenvalue weighted by Crippen LogP contribution is -2.55.